The van der Waals surface area contributed by atoms with Crippen LogP contribution in [0.25, 0.3) is 0 Å². The average Bonchev–Trinajstić information content (AvgIpc) is 2.46. The van der Waals surface area contributed by atoms with E-state index in [0.29, 0.717) is 16.5 Å². The van der Waals surface area contributed by atoms with Gasteiger partial charge in [0.05, 0.1) is 12.7 Å². The van der Waals surface area contributed by atoms with Gasteiger partial charge in [0.15, 0.2) is 11.5 Å². The van der Waals surface area contributed by atoms with E-state index < -0.39 is 5.97 Å². The van der Waals surface area contributed by atoms with Gasteiger partial charge in [-0.25, -0.2) is 4.79 Å². The SMILES string of the molecule is COc1ccc(C(=O)O)cc1OCc1ccc(C)cc1Cl. The highest BCUT2D eigenvalue weighted by molar-refractivity contribution is 6.31. The van der Waals surface area contributed by atoms with E-state index in [0.717, 1.165) is 11.1 Å². The Hall–Kier alpha value is -2.20. The van der Waals surface area contributed by atoms with E-state index in [2.05, 4.69) is 0 Å². The largest absolute Gasteiger partial charge is 0.493 e. The number of ether oxygens (including phenoxy) is 2. The highest BCUT2D eigenvalue weighted by Gasteiger charge is 2.11. The molecule has 2 rings (SSSR count). The van der Waals surface area contributed by atoms with Crippen molar-refractivity contribution in [3.8, 4) is 11.5 Å². The molecule has 2 aromatic rings. The first-order valence-electron chi connectivity index (χ1n) is 6.30. The van der Waals surface area contributed by atoms with E-state index in [1.807, 2.05) is 25.1 Å². The number of rotatable bonds is 5. The molecule has 0 radical (unpaired) electrons. The quantitative estimate of drug-likeness (QED) is 0.909. The second-order valence-electron chi connectivity index (χ2n) is 4.55. The minimum absolute atomic E-state index is 0.140. The molecule has 1 N–H and O–H groups in total. The number of halogens is 1. The molecule has 0 unspecified atom stereocenters. The fourth-order valence-electron chi connectivity index (χ4n) is 1.85. The van der Waals surface area contributed by atoms with Gasteiger partial charge in [-0.05, 0) is 36.8 Å². The van der Waals surface area contributed by atoms with Crippen molar-refractivity contribution in [3.63, 3.8) is 0 Å². The molecule has 0 aliphatic heterocycles. The lowest BCUT2D eigenvalue weighted by Gasteiger charge is -2.12. The molecule has 110 valence electrons. The molecule has 0 aliphatic rings. The third-order valence-electron chi connectivity index (χ3n) is 3.00. The van der Waals surface area contributed by atoms with Gasteiger partial charge in [0, 0.05) is 10.6 Å². The minimum Gasteiger partial charge on any atom is -0.493 e. The van der Waals surface area contributed by atoms with Gasteiger partial charge < -0.3 is 14.6 Å². The van der Waals surface area contributed by atoms with E-state index in [-0.39, 0.29) is 12.2 Å². The number of hydrogen-bond donors (Lipinski definition) is 1. The van der Waals surface area contributed by atoms with Gasteiger partial charge in [0.25, 0.3) is 0 Å². The van der Waals surface area contributed by atoms with Crippen molar-refractivity contribution in [2.45, 2.75) is 13.5 Å². The van der Waals surface area contributed by atoms with Gasteiger partial charge in [0.1, 0.15) is 6.61 Å². The Morgan fingerprint density at radius 3 is 2.57 bits per heavy atom. The molecule has 21 heavy (non-hydrogen) atoms. The van der Waals surface area contributed by atoms with E-state index in [4.69, 9.17) is 26.2 Å². The Morgan fingerprint density at radius 2 is 1.95 bits per heavy atom. The number of aromatic carboxylic acids is 1. The standard InChI is InChI=1S/C16H15ClO4/c1-10-3-4-12(13(17)7-10)9-21-15-8-11(16(18)19)5-6-14(15)20-2/h3-8H,9H2,1-2H3,(H,18,19). The van der Waals surface area contributed by atoms with Crippen LogP contribution < -0.4 is 9.47 Å². The molecule has 0 heterocycles. The Kier molecular flexibility index (Phi) is 4.70. The summed E-state index contributed by atoms with van der Waals surface area (Å²) in [7, 11) is 1.50. The number of carboxylic acids is 1. The number of methoxy groups -OCH3 is 1. The molecule has 0 saturated heterocycles. The zero-order valence-corrected chi connectivity index (χ0v) is 12.5. The van der Waals surface area contributed by atoms with Crippen molar-refractivity contribution < 1.29 is 19.4 Å². The zero-order chi connectivity index (χ0) is 15.4. The number of benzene rings is 2. The van der Waals surface area contributed by atoms with E-state index in [1.165, 1.54) is 19.2 Å². The van der Waals surface area contributed by atoms with E-state index in [9.17, 15) is 4.79 Å². The maximum Gasteiger partial charge on any atom is 0.335 e. The second-order valence-corrected chi connectivity index (χ2v) is 4.96. The zero-order valence-electron chi connectivity index (χ0n) is 11.7. The predicted molar refractivity (Wildman–Crippen MR) is 80.5 cm³/mol. The molecule has 5 heteroatoms. The van der Waals surface area contributed by atoms with Crippen molar-refractivity contribution in [1.29, 1.82) is 0 Å². The highest BCUT2D eigenvalue weighted by Crippen LogP contribution is 2.29. The topological polar surface area (TPSA) is 55.8 Å². The van der Waals surface area contributed by atoms with E-state index >= 15 is 0 Å². The third-order valence-corrected chi connectivity index (χ3v) is 3.35. The lowest BCUT2D eigenvalue weighted by Crippen LogP contribution is -2.02. The predicted octanol–water partition coefficient (Wildman–Crippen LogP) is 3.93. The van der Waals surface area contributed by atoms with Crippen molar-refractivity contribution in [1.82, 2.24) is 0 Å². The smallest absolute Gasteiger partial charge is 0.335 e. The van der Waals surface area contributed by atoms with Crippen molar-refractivity contribution in [2.75, 3.05) is 7.11 Å². The van der Waals surface area contributed by atoms with Crippen molar-refractivity contribution >= 4 is 17.6 Å². The van der Waals surface area contributed by atoms with Crippen LogP contribution in [0.1, 0.15) is 21.5 Å². The summed E-state index contributed by atoms with van der Waals surface area (Å²) in [6.45, 7) is 2.19. The van der Waals surface area contributed by atoms with Crippen LogP contribution in [0.2, 0.25) is 5.02 Å². The van der Waals surface area contributed by atoms with Crippen LogP contribution in [0, 0.1) is 6.92 Å². The second kappa shape index (κ2) is 6.50. The monoisotopic (exact) mass is 306 g/mol. The number of carbonyl (C=O) groups is 1. The lowest BCUT2D eigenvalue weighted by molar-refractivity contribution is 0.0696. The van der Waals surface area contributed by atoms with Crippen LogP contribution in [0.4, 0.5) is 0 Å². The molecule has 0 atom stereocenters. The summed E-state index contributed by atoms with van der Waals surface area (Å²) >= 11 is 6.15. The summed E-state index contributed by atoms with van der Waals surface area (Å²) in [5.74, 6) is -0.173. The maximum atomic E-state index is 11.0. The van der Waals surface area contributed by atoms with Crippen LogP contribution >= 0.6 is 11.6 Å². The summed E-state index contributed by atoms with van der Waals surface area (Å²) in [5, 5.41) is 9.63. The molecule has 0 saturated carbocycles. The molecule has 0 aliphatic carbocycles. The van der Waals surface area contributed by atoms with Crippen LogP contribution in [0.3, 0.4) is 0 Å². The van der Waals surface area contributed by atoms with Crippen molar-refractivity contribution in [2.24, 2.45) is 0 Å². The number of carboxylic acid groups (broad SMARTS) is 1. The molecule has 0 spiro atoms. The van der Waals surface area contributed by atoms with Gasteiger partial charge in [-0.1, -0.05) is 23.7 Å². The Bertz CT molecular complexity index is 667. The van der Waals surface area contributed by atoms with Gasteiger partial charge in [-0.2, -0.15) is 0 Å². The number of aryl methyl sites for hydroxylation is 1. The summed E-state index contributed by atoms with van der Waals surface area (Å²) in [4.78, 5) is 11.0. The normalized spacial score (nSPS) is 10.2. The van der Waals surface area contributed by atoms with Crippen LogP contribution in [-0.2, 0) is 6.61 Å². The maximum absolute atomic E-state index is 11.0. The summed E-state index contributed by atoms with van der Waals surface area (Å²) < 4.78 is 10.8. The van der Waals surface area contributed by atoms with Crippen LogP contribution in [-0.4, -0.2) is 18.2 Å². The molecule has 0 amide bonds. The Labute approximate surface area is 127 Å². The number of hydrogen-bond acceptors (Lipinski definition) is 3. The highest BCUT2D eigenvalue weighted by atomic mass is 35.5. The van der Waals surface area contributed by atoms with E-state index in [1.54, 1.807) is 6.07 Å². The summed E-state index contributed by atoms with van der Waals surface area (Å²) in [6.07, 6.45) is 0. The summed E-state index contributed by atoms with van der Waals surface area (Å²) in [6, 6.07) is 10.1. The first kappa shape index (κ1) is 15.2. The van der Waals surface area contributed by atoms with Crippen LogP contribution in [0.5, 0.6) is 11.5 Å². The van der Waals surface area contributed by atoms with Gasteiger partial charge in [-0.3, -0.25) is 0 Å². The first-order valence-corrected chi connectivity index (χ1v) is 6.68. The molecule has 0 aromatic heterocycles. The molecular formula is C16H15ClO4. The molecule has 4 nitrogen and oxygen atoms in total. The Morgan fingerprint density at radius 1 is 1.19 bits per heavy atom. The van der Waals surface area contributed by atoms with Crippen LogP contribution in [0.15, 0.2) is 36.4 Å². The fraction of sp³-hybridized carbons (Fsp3) is 0.188. The molecule has 0 bridgehead atoms. The fourth-order valence-corrected chi connectivity index (χ4v) is 2.14. The van der Waals surface area contributed by atoms with Gasteiger partial charge in [-0.15, -0.1) is 0 Å². The third kappa shape index (κ3) is 3.67. The molecular weight excluding hydrogens is 292 g/mol. The van der Waals surface area contributed by atoms with Gasteiger partial charge in [0.2, 0.25) is 0 Å². The molecule has 0 fully saturated rings. The van der Waals surface area contributed by atoms with Crippen molar-refractivity contribution in [3.05, 3.63) is 58.1 Å². The minimum atomic E-state index is -1.02. The average molecular weight is 307 g/mol. The molecule has 2 aromatic carbocycles. The Balaban J connectivity index is 2.22. The summed E-state index contributed by atoms with van der Waals surface area (Å²) in [5.41, 5.74) is 2.03. The lowest BCUT2D eigenvalue weighted by atomic mass is 10.1. The first-order chi connectivity index (χ1) is 10.0. The van der Waals surface area contributed by atoms with Gasteiger partial charge >= 0.3 is 5.97 Å².